The maximum Gasteiger partial charge on any atom is 0.330 e. The lowest BCUT2D eigenvalue weighted by Gasteiger charge is -2.44. The standard InChI is InChI=1S/C17H18O4/c1-3-20-15(18)17-11(2)7-6-9-13(17)12-8-4-5-10-14(12)21-16(17)19/h4-8,10-11,13H,3,9H2,1-2H3/t11-,13+,17+/m1/s1. The molecule has 110 valence electrons. The smallest absolute Gasteiger partial charge is 0.330 e. The summed E-state index contributed by atoms with van der Waals surface area (Å²) in [5, 5.41) is 0. The van der Waals surface area contributed by atoms with Crippen molar-refractivity contribution in [2.75, 3.05) is 6.61 Å². The number of benzene rings is 1. The van der Waals surface area contributed by atoms with Crippen LogP contribution in [0.5, 0.6) is 5.75 Å². The molecule has 0 N–H and O–H groups in total. The molecule has 0 fully saturated rings. The predicted octanol–water partition coefficient (Wildman–Crippen LogP) is 2.83. The van der Waals surface area contributed by atoms with Crippen molar-refractivity contribution in [2.24, 2.45) is 11.3 Å². The van der Waals surface area contributed by atoms with E-state index in [1.54, 1.807) is 13.0 Å². The molecule has 1 aliphatic heterocycles. The monoisotopic (exact) mass is 286 g/mol. The number of esters is 2. The van der Waals surface area contributed by atoms with Gasteiger partial charge in [0, 0.05) is 17.4 Å². The molecular formula is C17H18O4. The number of hydrogen-bond donors (Lipinski definition) is 0. The van der Waals surface area contributed by atoms with E-state index in [2.05, 4.69) is 0 Å². The minimum Gasteiger partial charge on any atom is -0.465 e. The van der Waals surface area contributed by atoms with Crippen molar-refractivity contribution in [3.63, 3.8) is 0 Å². The van der Waals surface area contributed by atoms with Gasteiger partial charge in [-0.3, -0.25) is 9.59 Å². The summed E-state index contributed by atoms with van der Waals surface area (Å²) in [4.78, 5) is 25.3. The van der Waals surface area contributed by atoms with Crippen molar-refractivity contribution >= 4 is 11.9 Å². The summed E-state index contributed by atoms with van der Waals surface area (Å²) in [6.07, 6.45) is 4.57. The molecule has 0 radical (unpaired) electrons. The normalized spacial score (nSPS) is 30.1. The second-order valence-corrected chi connectivity index (χ2v) is 5.52. The Kier molecular flexibility index (Phi) is 3.32. The number of carbonyl (C=O) groups excluding carboxylic acids is 2. The third kappa shape index (κ3) is 1.82. The maximum absolute atomic E-state index is 12.7. The first-order chi connectivity index (χ1) is 10.1. The van der Waals surface area contributed by atoms with E-state index >= 15 is 0 Å². The van der Waals surface area contributed by atoms with Crippen molar-refractivity contribution in [2.45, 2.75) is 26.2 Å². The van der Waals surface area contributed by atoms with Gasteiger partial charge in [-0.1, -0.05) is 37.3 Å². The molecule has 0 amide bonds. The third-order valence-corrected chi connectivity index (χ3v) is 4.51. The van der Waals surface area contributed by atoms with Gasteiger partial charge in [-0.25, -0.2) is 0 Å². The van der Waals surface area contributed by atoms with Gasteiger partial charge in [0.25, 0.3) is 0 Å². The minimum absolute atomic E-state index is 0.228. The molecule has 0 unspecified atom stereocenters. The highest BCUT2D eigenvalue weighted by Gasteiger charge is 2.61. The van der Waals surface area contributed by atoms with Crippen LogP contribution in [-0.2, 0) is 14.3 Å². The summed E-state index contributed by atoms with van der Waals surface area (Å²) in [5.74, 6) is -0.909. The Balaban J connectivity index is 2.19. The Hall–Kier alpha value is -2.10. The van der Waals surface area contributed by atoms with Crippen LogP contribution in [0.15, 0.2) is 36.4 Å². The Morgan fingerprint density at radius 2 is 2.19 bits per heavy atom. The summed E-state index contributed by atoms with van der Waals surface area (Å²) >= 11 is 0. The highest BCUT2D eigenvalue weighted by molar-refractivity contribution is 6.04. The molecule has 0 spiro atoms. The lowest BCUT2D eigenvalue weighted by molar-refractivity contribution is -0.174. The second-order valence-electron chi connectivity index (χ2n) is 5.52. The fourth-order valence-electron chi connectivity index (χ4n) is 3.48. The molecule has 1 aliphatic carbocycles. The topological polar surface area (TPSA) is 52.6 Å². The van der Waals surface area contributed by atoms with Crippen LogP contribution in [-0.4, -0.2) is 18.5 Å². The zero-order valence-electron chi connectivity index (χ0n) is 12.2. The minimum atomic E-state index is -1.26. The summed E-state index contributed by atoms with van der Waals surface area (Å²) in [7, 11) is 0. The van der Waals surface area contributed by atoms with Gasteiger partial charge in [-0.05, 0) is 19.4 Å². The van der Waals surface area contributed by atoms with Crippen molar-refractivity contribution in [1.82, 2.24) is 0 Å². The first-order valence-electron chi connectivity index (χ1n) is 7.27. The Morgan fingerprint density at radius 3 is 2.95 bits per heavy atom. The van der Waals surface area contributed by atoms with Crippen molar-refractivity contribution in [3.05, 3.63) is 42.0 Å². The van der Waals surface area contributed by atoms with Crippen LogP contribution in [0.4, 0.5) is 0 Å². The second kappa shape index (κ2) is 5.02. The van der Waals surface area contributed by atoms with E-state index in [-0.39, 0.29) is 18.4 Å². The van der Waals surface area contributed by atoms with Crippen molar-refractivity contribution in [3.8, 4) is 5.75 Å². The summed E-state index contributed by atoms with van der Waals surface area (Å²) < 4.78 is 10.7. The van der Waals surface area contributed by atoms with Crippen LogP contribution < -0.4 is 4.74 Å². The Morgan fingerprint density at radius 1 is 1.43 bits per heavy atom. The molecule has 1 aromatic rings. The number of carbonyl (C=O) groups is 2. The molecule has 4 heteroatoms. The van der Waals surface area contributed by atoms with Crippen molar-refractivity contribution in [1.29, 1.82) is 0 Å². The fraction of sp³-hybridized carbons (Fsp3) is 0.412. The summed E-state index contributed by atoms with van der Waals surface area (Å²) in [6, 6.07) is 7.42. The molecule has 4 nitrogen and oxygen atoms in total. The number of ether oxygens (including phenoxy) is 2. The molecule has 1 heterocycles. The molecule has 3 atom stereocenters. The molecule has 0 saturated heterocycles. The quantitative estimate of drug-likeness (QED) is 0.363. The molecule has 21 heavy (non-hydrogen) atoms. The lowest BCUT2D eigenvalue weighted by atomic mass is 9.60. The molecule has 0 aromatic heterocycles. The van der Waals surface area contributed by atoms with Crippen molar-refractivity contribution < 1.29 is 19.1 Å². The summed E-state index contributed by atoms with van der Waals surface area (Å²) in [5.41, 5.74) is -0.361. The van der Waals surface area contributed by atoms with Gasteiger partial charge in [0.15, 0.2) is 5.41 Å². The number of allylic oxidation sites excluding steroid dienone is 2. The molecule has 0 bridgehead atoms. The third-order valence-electron chi connectivity index (χ3n) is 4.51. The molecular weight excluding hydrogens is 268 g/mol. The highest BCUT2D eigenvalue weighted by Crippen LogP contribution is 2.54. The number of para-hydroxylation sites is 1. The van der Waals surface area contributed by atoms with Gasteiger partial charge in [-0.2, -0.15) is 0 Å². The van der Waals surface area contributed by atoms with Gasteiger partial charge in [0.05, 0.1) is 6.61 Å². The van der Waals surface area contributed by atoms with Crippen LogP contribution in [0, 0.1) is 11.3 Å². The largest absolute Gasteiger partial charge is 0.465 e. The average Bonchev–Trinajstić information content (AvgIpc) is 2.47. The molecule has 2 aliphatic rings. The highest BCUT2D eigenvalue weighted by atomic mass is 16.6. The van der Waals surface area contributed by atoms with Gasteiger partial charge in [0.2, 0.25) is 0 Å². The average molecular weight is 286 g/mol. The fourth-order valence-corrected chi connectivity index (χ4v) is 3.48. The van der Waals surface area contributed by atoms with Crippen LogP contribution in [0.1, 0.15) is 31.7 Å². The van der Waals surface area contributed by atoms with Gasteiger partial charge in [0.1, 0.15) is 5.75 Å². The van der Waals surface area contributed by atoms with Crippen LogP contribution in [0.25, 0.3) is 0 Å². The van der Waals surface area contributed by atoms with E-state index in [0.717, 1.165) is 5.56 Å². The SMILES string of the molecule is CCOC(=O)[C@@]12C(=O)Oc3ccccc3[C@@H]1CC=C[C@H]2C. The molecule has 3 rings (SSSR count). The number of rotatable bonds is 2. The Bertz CT molecular complexity index is 619. The van der Waals surface area contributed by atoms with E-state index < -0.39 is 17.4 Å². The number of hydrogen-bond acceptors (Lipinski definition) is 4. The van der Waals surface area contributed by atoms with E-state index in [4.69, 9.17) is 9.47 Å². The Labute approximate surface area is 123 Å². The van der Waals surface area contributed by atoms with Crippen LogP contribution in [0.2, 0.25) is 0 Å². The van der Waals surface area contributed by atoms with Crippen LogP contribution in [0.3, 0.4) is 0 Å². The lowest BCUT2D eigenvalue weighted by Crippen LogP contribution is -2.55. The van der Waals surface area contributed by atoms with E-state index in [9.17, 15) is 9.59 Å². The maximum atomic E-state index is 12.7. The van der Waals surface area contributed by atoms with Gasteiger partial charge in [-0.15, -0.1) is 0 Å². The number of fused-ring (bicyclic) bond motifs is 3. The molecule has 1 aromatic carbocycles. The zero-order valence-corrected chi connectivity index (χ0v) is 12.2. The van der Waals surface area contributed by atoms with E-state index in [0.29, 0.717) is 12.2 Å². The zero-order chi connectivity index (χ0) is 15.0. The van der Waals surface area contributed by atoms with Gasteiger partial charge >= 0.3 is 11.9 Å². The van der Waals surface area contributed by atoms with Crippen LogP contribution >= 0.6 is 0 Å². The van der Waals surface area contributed by atoms with E-state index in [1.165, 1.54) is 0 Å². The predicted molar refractivity (Wildman–Crippen MR) is 76.8 cm³/mol. The molecule has 0 saturated carbocycles. The first kappa shape index (κ1) is 13.9. The van der Waals surface area contributed by atoms with Gasteiger partial charge < -0.3 is 9.47 Å². The first-order valence-corrected chi connectivity index (χ1v) is 7.27. The van der Waals surface area contributed by atoms with E-state index in [1.807, 2.05) is 37.3 Å². The summed E-state index contributed by atoms with van der Waals surface area (Å²) in [6.45, 7) is 3.86.